The standard InChI is InChI=1S/C16H19NS/c1-2-17-16(15-7-4-10-18-15)14-9-8-12-5-3-6-13(12)11-14/h4,7-11,16-17H,2-3,5-6H2,1H3. The molecular weight excluding hydrogens is 238 g/mol. The molecule has 1 aromatic carbocycles. The fourth-order valence-electron chi connectivity index (χ4n) is 2.81. The van der Waals surface area contributed by atoms with Gasteiger partial charge >= 0.3 is 0 Å². The highest BCUT2D eigenvalue weighted by Crippen LogP contribution is 2.30. The van der Waals surface area contributed by atoms with Gasteiger partial charge in [0.05, 0.1) is 6.04 Å². The molecule has 0 spiro atoms. The van der Waals surface area contributed by atoms with Crippen molar-refractivity contribution in [2.24, 2.45) is 0 Å². The van der Waals surface area contributed by atoms with Crippen molar-refractivity contribution in [3.8, 4) is 0 Å². The van der Waals surface area contributed by atoms with Gasteiger partial charge in [-0.05, 0) is 53.9 Å². The third kappa shape index (κ3) is 2.23. The van der Waals surface area contributed by atoms with Crippen LogP contribution in [0.1, 0.15) is 41.0 Å². The van der Waals surface area contributed by atoms with Gasteiger partial charge in [-0.25, -0.2) is 0 Å². The Morgan fingerprint density at radius 3 is 2.89 bits per heavy atom. The van der Waals surface area contributed by atoms with E-state index in [1.54, 1.807) is 11.1 Å². The van der Waals surface area contributed by atoms with Gasteiger partial charge < -0.3 is 5.32 Å². The van der Waals surface area contributed by atoms with Crippen molar-refractivity contribution in [3.63, 3.8) is 0 Å². The van der Waals surface area contributed by atoms with Crippen LogP contribution in [0.5, 0.6) is 0 Å². The summed E-state index contributed by atoms with van der Waals surface area (Å²) >= 11 is 1.84. The van der Waals surface area contributed by atoms with E-state index < -0.39 is 0 Å². The summed E-state index contributed by atoms with van der Waals surface area (Å²) in [5, 5.41) is 5.76. The van der Waals surface area contributed by atoms with E-state index in [1.165, 1.54) is 29.7 Å². The van der Waals surface area contributed by atoms with Crippen LogP contribution >= 0.6 is 11.3 Å². The molecule has 1 heterocycles. The van der Waals surface area contributed by atoms with Crippen LogP contribution in [-0.2, 0) is 12.8 Å². The summed E-state index contributed by atoms with van der Waals surface area (Å²) < 4.78 is 0. The lowest BCUT2D eigenvalue weighted by Crippen LogP contribution is -2.21. The van der Waals surface area contributed by atoms with Gasteiger partial charge in [0, 0.05) is 4.88 Å². The minimum atomic E-state index is 0.362. The molecule has 94 valence electrons. The average molecular weight is 257 g/mol. The summed E-state index contributed by atoms with van der Waals surface area (Å²) in [4.78, 5) is 1.41. The number of benzene rings is 1. The van der Waals surface area contributed by atoms with Crippen LogP contribution in [0, 0.1) is 0 Å². The first kappa shape index (κ1) is 11.9. The lowest BCUT2D eigenvalue weighted by molar-refractivity contribution is 0.639. The van der Waals surface area contributed by atoms with Crippen LogP contribution in [0.15, 0.2) is 35.7 Å². The molecule has 1 aromatic heterocycles. The minimum Gasteiger partial charge on any atom is -0.306 e. The third-order valence-corrected chi connectivity index (χ3v) is 4.63. The van der Waals surface area contributed by atoms with Gasteiger partial charge in [-0.3, -0.25) is 0 Å². The number of hydrogen-bond donors (Lipinski definition) is 1. The van der Waals surface area contributed by atoms with E-state index in [0.29, 0.717) is 6.04 Å². The maximum absolute atomic E-state index is 3.60. The largest absolute Gasteiger partial charge is 0.306 e. The molecule has 1 aliphatic rings. The molecule has 0 bridgehead atoms. The van der Waals surface area contributed by atoms with E-state index in [4.69, 9.17) is 0 Å². The Labute approximate surface area is 113 Å². The lowest BCUT2D eigenvalue weighted by Gasteiger charge is -2.18. The summed E-state index contributed by atoms with van der Waals surface area (Å²) in [6, 6.07) is 11.8. The maximum atomic E-state index is 3.60. The molecule has 2 aromatic rings. The smallest absolute Gasteiger partial charge is 0.0671 e. The quantitative estimate of drug-likeness (QED) is 0.875. The average Bonchev–Trinajstić information content (AvgIpc) is 3.05. The minimum absolute atomic E-state index is 0.362. The van der Waals surface area contributed by atoms with Gasteiger partial charge in [0.25, 0.3) is 0 Å². The molecule has 0 amide bonds. The summed E-state index contributed by atoms with van der Waals surface area (Å²) in [6.45, 7) is 3.17. The summed E-state index contributed by atoms with van der Waals surface area (Å²) in [5.74, 6) is 0. The monoisotopic (exact) mass is 257 g/mol. The molecule has 2 heteroatoms. The Balaban J connectivity index is 1.95. The number of thiophene rings is 1. The van der Waals surface area contributed by atoms with Gasteiger partial charge in [0.1, 0.15) is 0 Å². The second kappa shape index (κ2) is 5.25. The molecule has 1 unspecified atom stereocenters. The summed E-state index contributed by atoms with van der Waals surface area (Å²) in [6.07, 6.45) is 3.84. The summed E-state index contributed by atoms with van der Waals surface area (Å²) in [5.41, 5.74) is 4.53. The fraction of sp³-hybridized carbons (Fsp3) is 0.375. The molecular formula is C16H19NS. The van der Waals surface area contributed by atoms with Crippen molar-refractivity contribution in [1.82, 2.24) is 5.32 Å². The van der Waals surface area contributed by atoms with Crippen molar-refractivity contribution in [2.75, 3.05) is 6.54 Å². The molecule has 0 radical (unpaired) electrons. The zero-order valence-electron chi connectivity index (χ0n) is 10.8. The lowest BCUT2D eigenvalue weighted by atomic mass is 10.00. The van der Waals surface area contributed by atoms with E-state index in [2.05, 4.69) is 48.0 Å². The first-order chi connectivity index (χ1) is 8.88. The highest BCUT2D eigenvalue weighted by molar-refractivity contribution is 7.10. The van der Waals surface area contributed by atoms with Gasteiger partial charge in [0.2, 0.25) is 0 Å². The number of fused-ring (bicyclic) bond motifs is 1. The van der Waals surface area contributed by atoms with E-state index in [9.17, 15) is 0 Å². The van der Waals surface area contributed by atoms with E-state index in [1.807, 2.05) is 11.3 Å². The second-order valence-corrected chi connectivity index (χ2v) is 5.87. The number of rotatable bonds is 4. The van der Waals surface area contributed by atoms with Gasteiger partial charge in [0.15, 0.2) is 0 Å². The Morgan fingerprint density at radius 1 is 1.22 bits per heavy atom. The van der Waals surface area contributed by atoms with Crippen LogP contribution in [-0.4, -0.2) is 6.54 Å². The van der Waals surface area contributed by atoms with Crippen molar-refractivity contribution < 1.29 is 0 Å². The van der Waals surface area contributed by atoms with Gasteiger partial charge in [-0.15, -0.1) is 11.3 Å². The molecule has 1 N–H and O–H groups in total. The highest BCUT2D eigenvalue weighted by Gasteiger charge is 2.17. The zero-order valence-corrected chi connectivity index (χ0v) is 11.6. The van der Waals surface area contributed by atoms with Crippen molar-refractivity contribution >= 4 is 11.3 Å². The van der Waals surface area contributed by atoms with Gasteiger partial charge in [-0.1, -0.05) is 31.2 Å². The van der Waals surface area contributed by atoms with Crippen LogP contribution in [0.3, 0.4) is 0 Å². The molecule has 1 atom stereocenters. The maximum Gasteiger partial charge on any atom is 0.0671 e. The Kier molecular flexibility index (Phi) is 3.48. The van der Waals surface area contributed by atoms with Crippen LogP contribution in [0.25, 0.3) is 0 Å². The molecule has 1 nitrogen and oxygen atoms in total. The fourth-order valence-corrected chi connectivity index (χ4v) is 3.64. The number of nitrogens with one attached hydrogen (secondary N) is 1. The second-order valence-electron chi connectivity index (χ2n) is 4.89. The first-order valence-electron chi connectivity index (χ1n) is 6.77. The highest BCUT2D eigenvalue weighted by atomic mass is 32.1. The number of hydrogen-bond acceptors (Lipinski definition) is 2. The molecule has 18 heavy (non-hydrogen) atoms. The predicted octanol–water partition coefficient (Wildman–Crippen LogP) is 3.94. The molecule has 0 saturated heterocycles. The van der Waals surface area contributed by atoms with Crippen LogP contribution < -0.4 is 5.32 Å². The predicted molar refractivity (Wildman–Crippen MR) is 78.3 cm³/mol. The molecule has 1 aliphatic carbocycles. The van der Waals surface area contributed by atoms with Crippen molar-refractivity contribution in [1.29, 1.82) is 0 Å². The van der Waals surface area contributed by atoms with E-state index in [0.717, 1.165) is 6.54 Å². The number of aryl methyl sites for hydroxylation is 2. The third-order valence-electron chi connectivity index (χ3n) is 3.69. The van der Waals surface area contributed by atoms with Crippen molar-refractivity contribution in [2.45, 2.75) is 32.2 Å². The zero-order chi connectivity index (χ0) is 12.4. The normalized spacial score (nSPS) is 15.6. The Hall–Kier alpha value is -1.12. The molecule has 0 saturated carbocycles. The topological polar surface area (TPSA) is 12.0 Å². The Morgan fingerprint density at radius 2 is 2.11 bits per heavy atom. The molecule has 3 rings (SSSR count). The van der Waals surface area contributed by atoms with E-state index in [-0.39, 0.29) is 0 Å². The van der Waals surface area contributed by atoms with Crippen LogP contribution in [0.4, 0.5) is 0 Å². The van der Waals surface area contributed by atoms with Gasteiger partial charge in [-0.2, -0.15) is 0 Å². The van der Waals surface area contributed by atoms with Crippen LogP contribution in [0.2, 0.25) is 0 Å². The Bertz CT molecular complexity index is 516. The SMILES string of the molecule is CCNC(c1ccc2c(c1)CCC2)c1cccs1. The van der Waals surface area contributed by atoms with Crippen molar-refractivity contribution in [3.05, 3.63) is 57.3 Å². The molecule has 0 fully saturated rings. The first-order valence-corrected chi connectivity index (χ1v) is 7.65. The molecule has 0 aliphatic heterocycles. The van der Waals surface area contributed by atoms with E-state index >= 15 is 0 Å². The summed E-state index contributed by atoms with van der Waals surface area (Å²) in [7, 11) is 0.